The Morgan fingerprint density at radius 2 is 1.55 bits per heavy atom. The smallest absolute Gasteiger partial charge is 0.00991 e. The zero-order valence-corrected chi connectivity index (χ0v) is 12.5. The van der Waals surface area contributed by atoms with Crippen LogP contribution in [0.3, 0.4) is 0 Å². The van der Waals surface area contributed by atoms with Gasteiger partial charge in [-0.25, -0.2) is 0 Å². The number of rotatable bonds is 3. The normalized spacial score (nSPS) is 10.8. The lowest BCUT2D eigenvalue weighted by atomic mass is 10.0. The second kappa shape index (κ2) is 6.03. The number of hydrogen-bond acceptors (Lipinski definition) is 0. The van der Waals surface area contributed by atoms with Crippen molar-refractivity contribution in [2.24, 2.45) is 0 Å². The lowest BCUT2D eigenvalue weighted by Gasteiger charge is -2.09. The first kappa shape index (κ1) is 13.1. The Hall–Kier alpha value is -1.91. The van der Waals surface area contributed by atoms with Gasteiger partial charge in [0.15, 0.2) is 0 Å². The first-order valence-electron chi connectivity index (χ1n) is 6.98. The summed E-state index contributed by atoms with van der Waals surface area (Å²) < 4.78 is 0. The van der Waals surface area contributed by atoms with Gasteiger partial charge >= 0.3 is 0 Å². The van der Waals surface area contributed by atoms with Crippen molar-refractivity contribution in [2.75, 3.05) is 0 Å². The van der Waals surface area contributed by atoms with Crippen molar-refractivity contribution in [3.63, 3.8) is 0 Å². The largest absolute Gasteiger partial charge is 0.0678 e. The molecule has 0 N–H and O–H groups in total. The quantitative estimate of drug-likeness (QED) is 0.537. The Bertz CT molecular complexity index is 702. The van der Waals surface area contributed by atoms with Gasteiger partial charge in [-0.15, -0.1) is 0 Å². The number of benzene rings is 2. The summed E-state index contributed by atoms with van der Waals surface area (Å²) in [5.41, 5.74) is 5.39. The molecular weight excluding hydrogens is 259 g/mol. The molecule has 0 aliphatic carbocycles. The van der Waals surface area contributed by atoms with Crippen molar-refractivity contribution in [3.05, 3.63) is 78.1 Å². The molecule has 0 nitrogen and oxygen atoms in total. The van der Waals surface area contributed by atoms with Crippen LogP contribution in [0.15, 0.2) is 72.5 Å². The van der Waals surface area contributed by atoms with Gasteiger partial charge in [0.2, 0.25) is 0 Å². The standard InChI is InChI=1S/C19H17P/c1-2-15-8-6-7-11-18(15)19-14-17(12-13-20-19)16-9-4-3-5-10-16/h3-14H,2H2,1H3. The monoisotopic (exact) mass is 276 g/mol. The minimum atomic E-state index is 1.08. The van der Waals surface area contributed by atoms with Gasteiger partial charge in [-0.3, -0.25) is 0 Å². The molecule has 0 aliphatic heterocycles. The summed E-state index contributed by atoms with van der Waals surface area (Å²) in [6.07, 6.45) is 1.08. The molecule has 0 bridgehead atoms. The molecule has 3 aromatic rings. The molecule has 0 atom stereocenters. The Balaban J connectivity index is 2.08. The highest BCUT2D eigenvalue weighted by molar-refractivity contribution is 7.33. The Morgan fingerprint density at radius 1 is 0.800 bits per heavy atom. The lowest BCUT2D eigenvalue weighted by Crippen LogP contribution is -1.85. The van der Waals surface area contributed by atoms with E-state index in [1.165, 1.54) is 35.7 Å². The summed E-state index contributed by atoms with van der Waals surface area (Å²) in [6, 6.07) is 23.8. The fourth-order valence-electron chi connectivity index (χ4n) is 2.47. The molecule has 0 spiro atoms. The van der Waals surface area contributed by atoms with E-state index in [0.29, 0.717) is 0 Å². The van der Waals surface area contributed by atoms with E-state index >= 15 is 0 Å². The molecule has 0 radical (unpaired) electrons. The van der Waals surface area contributed by atoms with Gasteiger partial charge in [-0.05, 0) is 46.6 Å². The summed E-state index contributed by atoms with van der Waals surface area (Å²) in [5, 5.41) is 1.39. The average Bonchev–Trinajstić information content (AvgIpc) is 2.56. The zero-order chi connectivity index (χ0) is 13.8. The lowest BCUT2D eigenvalue weighted by molar-refractivity contribution is 1.14. The molecule has 0 unspecified atom stereocenters. The second-order valence-electron chi connectivity index (χ2n) is 4.81. The van der Waals surface area contributed by atoms with Crippen LogP contribution in [0, 0.1) is 0 Å². The van der Waals surface area contributed by atoms with Crippen LogP contribution in [0.4, 0.5) is 0 Å². The van der Waals surface area contributed by atoms with E-state index in [1.54, 1.807) is 0 Å². The van der Waals surface area contributed by atoms with Gasteiger partial charge < -0.3 is 0 Å². The topological polar surface area (TPSA) is 0 Å². The number of aryl methyl sites for hydroxylation is 1. The first-order valence-corrected chi connectivity index (χ1v) is 7.94. The van der Waals surface area contributed by atoms with Crippen LogP contribution in [0.25, 0.3) is 22.0 Å². The van der Waals surface area contributed by atoms with Gasteiger partial charge in [0.1, 0.15) is 0 Å². The third-order valence-corrected chi connectivity index (χ3v) is 4.49. The summed E-state index contributed by atoms with van der Waals surface area (Å²) in [6.45, 7) is 2.22. The minimum Gasteiger partial charge on any atom is -0.0678 e. The summed E-state index contributed by atoms with van der Waals surface area (Å²) >= 11 is 0. The van der Waals surface area contributed by atoms with Gasteiger partial charge in [0.05, 0.1) is 0 Å². The van der Waals surface area contributed by atoms with Crippen molar-refractivity contribution in [2.45, 2.75) is 13.3 Å². The second-order valence-corrected chi connectivity index (χ2v) is 5.84. The molecule has 1 aromatic heterocycles. The predicted molar refractivity (Wildman–Crippen MR) is 89.2 cm³/mol. The Kier molecular flexibility index (Phi) is 3.95. The van der Waals surface area contributed by atoms with E-state index in [-0.39, 0.29) is 0 Å². The molecule has 0 amide bonds. The van der Waals surface area contributed by atoms with Crippen LogP contribution in [0.5, 0.6) is 0 Å². The summed E-state index contributed by atoms with van der Waals surface area (Å²) in [7, 11) is 1.28. The third-order valence-electron chi connectivity index (χ3n) is 3.54. The van der Waals surface area contributed by atoms with E-state index in [2.05, 4.69) is 79.5 Å². The molecule has 2 aromatic carbocycles. The maximum atomic E-state index is 2.32. The van der Waals surface area contributed by atoms with Crippen LogP contribution in [0.1, 0.15) is 12.5 Å². The fourth-order valence-corrected chi connectivity index (χ4v) is 3.43. The van der Waals surface area contributed by atoms with Gasteiger partial charge in [-0.2, -0.15) is 0 Å². The molecule has 98 valence electrons. The van der Waals surface area contributed by atoms with E-state index in [4.69, 9.17) is 0 Å². The van der Waals surface area contributed by atoms with Crippen molar-refractivity contribution in [3.8, 4) is 22.0 Å². The predicted octanol–water partition coefficient (Wildman–Crippen LogP) is 6.16. The SMILES string of the molecule is CCc1ccccc1-c1cc(-c2ccccc2)ccp1. The van der Waals surface area contributed by atoms with Crippen LogP contribution in [-0.2, 0) is 6.42 Å². The van der Waals surface area contributed by atoms with Crippen LogP contribution in [0.2, 0.25) is 0 Å². The molecule has 0 fully saturated rings. The molecule has 3 rings (SSSR count). The molecule has 0 aliphatic rings. The average molecular weight is 276 g/mol. The highest BCUT2D eigenvalue weighted by Gasteiger charge is 2.05. The first-order chi connectivity index (χ1) is 9.88. The highest BCUT2D eigenvalue weighted by atomic mass is 31.0. The van der Waals surface area contributed by atoms with E-state index in [1.807, 2.05) is 0 Å². The molecule has 1 heteroatoms. The van der Waals surface area contributed by atoms with Crippen LogP contribution >= 0.6 is 8.19 Å². The number of hydrogen-bond donors (Lipinski definition) is 0. The van der Waals surface area contributed by atoms with Gasteiger partial charge in [0.25, 0.3) is 0 Å². The van der Waals surface area contributed by atoms with Crippen LogP contribution in [-0.4, -0.2) is 0 Å². The molecular formula is C19H17P. The Labute approximate surface area is 122 Å². The molecule has 0 saturated heterocycles. The molecule has 0 saturated carbocycles. The van der Waals surface area contributed by atoms with Crippen LogP contribution < -0.4 is 0 Å². The fraction of sp³-hybridized carbons (Fsp3) is 0.105. The van der Waals surface area contributed by atoms with Crippen molar-refractivity contribution < 1.29 is 0 Å². The highest BCUT2D eigenvalue weighted by Crippen LogP contribution is 2.34. The maximum absolute atomic E-state index is 2.32. The van der Waals surface area contributed by atoms with E-state index in [9.17, 15) is 0 Å². The van der Waals surface area contributed by atoms with E-state index < -0.39 is 0 Å². The maximum Gasteiger partial charge on any atom is 0.00991 e. The van der Waals surface area contributed by atoms with E-state index in [0.717, 1.165) is 6.42 Å². The van der Waals surface area contributed by atoms with Gasteiger partial charge in [-0.1, -0.05) is 69.7 Å². The van der Waals surface area contributed by atoms with Crippen molar-refractivity contribution >= 4 is 8.19 Å². The van der Waals surface area contributed by atoms with Gasteiger partial charge in [0, 0.05) is 5.30 Å². The minimum absolute atomic E-state index is 1.08. The zero-order valence-electron chi connectivity index (χ0n) is 11.6. The van der Waals surface area contributed by atoms with Crippen molar-refractivity contribution in [1.29, 1.82) is 0 Å². The summed E-state index contributed by atoms with van der Waals surface area (Å²) in [5.74, 6) is 2.24. The summed E-state index contributed by atoms with van der Waals surface area (Å²) in [4.78, 5) is 0. The third kappa shape index (κ3) is 2.66. The molecule has 20 heavy (non-hydrogen) atoms. The molecule has 1 heterocycles. The van der Waals surface area contributed by atoms with Crippen molar-refractivity contribution in [1.82, 2.24) is 0 Å². The Morgan fingerprint density at radius 3 is 2.35 bits per heavy atom.